The molecule has 0 aromatic carbocycles. The van der Waals surface area contributed by atoms with Crippen LogP contribution in [-0.4, -0.2) is 77.2 Å². The van der Waals surface area contributed by atoms with Crippen molar-refractivity contribution in [3.63, 3.8) is 0 Å². The molecule has 5 N–H and O–H groups in total. The predicted molar refractivity (Wildman–Crippen MR) is 150 cm³/mol. The van der Waals surface area contributed by atoms with E-state index in [-0.39, 0.29) is 30.2 Å². The average molecular weight is 578 g/mol. The van der Waals surface area contributed by atoms with Crippen molar-refractivity contribution in [2.75, 3.05) is 13.1 Å². The van der Waals surface area contributed by atoms with Crippen LogP contribution in [0.1, 0.15) is 91.9 Å². The van der Waals surface area contributed by atoms with E-state index in [0.29, 0.717) is 25.8 Å². The van der Waals surface area contributed by atoms with E-state index in [2.05, 4.69) is 16.0 Å². The molecular weight excluding hydrogens is 530 g/mol. The second-order valence-corrected chi connectivity index (χ2v) is 12.7. The van der Waals surface area contributed by atoms with Gasteiger partial charge in [-0.05, 0) is 64.2 Å². The molecule has 0 radical (unpaired) electrons. The van der Waals surface area contributed by atoms with Crippen LogP contribution in [-0.2, 0) is 28.7 Å². The third-order valence-electron chi connectivity index (χ3n) is 8.23. The number of hydrogen-bond donors (Lipinski definition) is 4. The summed E-state index contributed by atoms with van der Waals surface area (Å²) >= 11 is 0. The van der Waals surface area contributed by atoms with Crippen LogP contribution in [0.3, 0.4) is 0 Å². The molecule has 0 spiro atoms. The van der Waals surface area contributed by atoms with Gasteiger partial charge < -0.3 is 31.3 Å². The lowest BCUT2D eigenvalue weighted by Gasteiger charge is -2.35. The highest BCUT2D eigenvalue weighted by molar-refractivity contribution is 6.37. The molecule has 3 fully saturated rings. The Morgan fingerprint density at radius 1 is 0.951 bits per heavy atom. The number of amides is 5. The summed E-state index contributed by atoms with van der Waals surface area (Å²) in [5.41, 5.74) is 4.56. The first kappa shape index (κ1) is 32.3. The molecule has 1 heterocycles. The lowest BCUT2D eigenvalue weighted by atomic mass is 9.83. The third kappa shape index (κ3) is 9.43. The van der Waals surface area contributed by atoms with Gasteiger partial charge in [0.2, 0.25) is 17.6 Å². The molecule has 41 heavy (non-hydrogen) atoms. The number of urea groups is 1. The Morgan fingerprint density at radius 3 is 2.17 bits per heavy atom. The second-order valence-electron chi connectivity index (χ2n) is 12.7. The summed E-state index contributed by atoms with van der Waals surface area (Å²) in [7, 11) is 0. The Hall–Kier alpha value is -3.18. The number of nitrogens with one attached hydrogen (secondary N) is 3. The SMILES string of the molecule is CC[C@H]1CCN(C(=O)C(NC(=O)NCC(=O)OC(C)(C)C)C2CCCCC2)[C@@H]1C(=O)NC(CC1CC1)C(=O)C(N)=O. The standard InChI is InChI=1S/C29H47N5O7/c1-5-18-13-14-34(23(18)26(38)32-20(15-17-11-12-17)24(36)25(30)37)27(39)22(19-9-7-6-8-10-19)33-28(40)31-16-21(35)41-29(2,3)4/h17-20,22-23H,5-16H2,1-4H3,(H2,30,37)(H,32,38)(H2,31,33,40)/t18-,20?,22?,23-/m0/s1. The van der Waals surface area contributed by atoms with E-state index in [1.54, 1.807) is 20.8 Å². The van der Waals surface area contributed by atoms with Gasteiger partial charge in [0.05, 0.1) is 6.04 Å². The topological polar surface area (TPSA) is 177 Å². The van der Waals surface area contributed by atoms with Crippen molar-refractivity contribution < 1.29 is 33.5 Å². The number of nitrogens with zero attached hydrogens (tertiary/aromatic N) is 1. The van der Waals surface area contributed by atoms with Crippen LogP contribution in [0.4, 0.5) is 4.79 Å². The molecule has 2 aliphatic carbocycles. The number of carbonyl (C=O) groups is 6. The van der Waals surface area contributed by atoms with Gasteiger partial charge in [-0.2, -0.15) is 0 Å². The quantitative estimate of drug-likeness (QED) is 0.201. The van der Waals surface area contributed by atoms with Crippen LogP contribution in [0.5, 0.6) is 0 Å². The van der Waals surface area contributed by atoms with Crippen molar-refractivity contribution in [3.8, 4) is 0 Å². The molecule has 12 nitrogen and oxygen atoms in total. The van der Waals surface area contributed by atoms with Gasteiger partial charge in [0, 0.05) is 6.54 Å². The molecule has 12 heteroatoms. The van der Waals surface area contributed by atoms with E-state index in [1.807, 2.05) is 6.92 Å². The first-order chi connectivity index (χ1) is 19.3. The number of esters is 1. The van der Waals surface area contributed by atoms with Crippen molar-refractivity contribution in [2.45, 2.75) is 116 Å². The Balaban J connectivity index is 1.75. The van der Waals surface area contributed by atoms with E-state index in [9.17, 15) is 28.8 Å². The molecule has 0 aromatic rings. The molecule has 0 bridgehead atoms. The molecule has 230 valence electrons. The van der Waals surface area contributed by atoms with E-state index < -0.39 is 53.3 Å². The highest BCUT2D eigenvalue weighted by Crippen LogP contribution is 2.35. The van der Waals surface area contributed by atoms with Gasteiger partial charge in [-0.1, -0.05) is 45.4 Å². The van der Waals surface area contributed by atoms with Gasteiger partial charge >= 0.3 is 12.0 Å². The van der Waals surface area contributed by atoms with Crippen LogP contribution in [0.25, 0.3) is 0 Å². The molecule has 1 aliphatic heterocycles. The van der Waals surface area contributed by atoms with Crippen molar-refractivity contribution in [1.82, 2.24) is 20.9 Å². The Bertz CT molecular complexity index is 1000. The summed E-state index contributed by atoms with van der Waals surface area (Å²) in [5, 5.41) is 8.01. The summed E-state index contributed by atoms with van der Waals surface area (Å²) in [6, 6.07) is -3.40. The largest absolute Gasteiger partial charge is 0.459 e. The average Bonchev–Trinajstić information content (AvgIpc) is 3.63. The summed E-state index contributed by atoms with van der Waals surface area (Å²) in [6.45, 7) is 7.11. The molecule has 5 amide bonds. The number of ether oxygens (including phenoxy) is 1. The number of Topliss-reactive ketones (excluding diaryl/α,β-unsaturated/α-hetero) is 1. The molecule has 3 aliphatic rings. The number of ketones is 1. The van der Waals surface area contributed by atoms with E-state index >= 15 is 0 Å². The molecular formula is C29H47N5O7. The minimum atomic E-state index is -1.10. The predicted octanol–water partition coefficient (Wildman–Crippen LogP) is 1.54. The van der Waals surface area contributed by atoms with Crippen LogP contribution in [0.2, 0.25) is 0 Å². The van der Waals surface area contributed by atoms with Crippen molar-refractivity contribution in [2.24, 2.45) is 23.5 Å². The fourth-order valence-corrected chi connectivity index (χ4v) is 5.98. The Morgan fingerprint density at radius 2 is 1.61 bits per heavy atom. The first-order valence-corrected chi connectivity index (χ1v) is 15.0. The zero-order valence-electron chi connectivity index (χ0n) is 24.8. The van der Waals surface area contributed by atoms with Crippen LogP contribution in [0.15, 0.2) is 0 Å². The van der Waals surface area contributed by atoms with E-state index in [0.717, 1.165) is 44.9 Å². The second kappa shape index (κ2) is 14.1. The third-order valence-corrected chi connectivity index (χ3v) is 8.23. The zero-order valence-corrected chi connectivity index (χ0v) is 24.8. The zero-order chi connectivity index (χ0) is 30.3. The van der Waals surface area contributed by atoms with Gasteiger partial charge in [0.15, 0.2) is 0 Å². The van der Waals surface area contributed by atoms with E-state index in [1.165, 1.54) is 4.90 Å². The summed E-state index contributed by atoms with van der Waals surface area (Å²) in [4.78, 5) is 78.3. The highest BCUT2D eigenvalue weighted by atomic mass is 16.6. The Labute approximate surface area is 242 Å². The van der Waals surface area contributed by atoms with Gasteiger partial charge in [0.25, 0.3) is 5.91 Å². The number of rotatable bonds is 12. The fourth-order valence-electron chi connectivity index (χ4n) is 5.98. The number of carbonyl (C=O) groups excluding carboxylic acids is 6. The van der Waals surface area contributed by atoms with Crippen LogP contribution in [0, 0.1) is 17.8 Å². The minimum absolute atomic E-state index is 0.119. The maximum atomic E-state index is 14.1. The maximum absolute atomic E-state index is 14.1. The molecule has 2 saturated carbocycles. The monoisotopic (exact) mass is 577 g/mol. The lowest BCUT2D eigenvalue weighted by molar-refractivity contribution is -0.153. The minimum Gasteiger partial charge on any atom is -0.459 e. The molecule has 2 unspecified atom stereocenters. The van der Waals surface area contributed by atoms with Gasteiger partial charge in [-0.25, -0.2) is 4.79 Å². The lowest BCUT2D eigenvalue weighted by Crippen LogP contribution is -2.59. The van der Waals surface area contributed by atoms with E-state index in [4.69, 9.17) is 10.5 Å². The van der Waals surface area contributed by atoms with Gasteiger partial charge in [0.1, 0.15) is 24.2 Å². The van der Waals surface area contributed by atoms with Gasteiger partial charge in [-0.15, -0.1) is 0 Å². The maximum Gasteiger partial charge on any atom is 0.325 e. The van der Waals surface area contributed by atoms with Crippen molar-refractivity contribution >= 4 is 35.5 Å². The van der Waals surface area contributed by atoms with Gasteiger partial charge in [-0.3, -0.25) is 24.0 Å². The highest BCUT2D eigenvalue weighted by Gasteiger charge is 2.46. The summed E-state index contributed by atoms with van der Waals surface area (Å²) < 4.78 is 5.24. The molecule has 1 saturated heterocycles. The number of likely N-dealkylation sites (tertiary alicyclic amines) is 1. The smallest absolute Gasteiger partial charge is 0.325 e. The van der Waals surface area contributed by atoms with Crippen LogP contribution >= 0.6 is 0 Å². The normalized spacial score (nSPS) is 22.8. The molecule has 4 atom stereocenters. The van der Waals surface area contributed by atoms with Crippen LogP contribution < -0.4 is 21.7 Å². The molecule has 3 rings (SSSR count). The first-order valence-electron chi connectivity index (χ1n) is 15.0. The fraction of sp³-hybridized carbons (Fsp3) is 0.793. The van der Waals surface area contributed by atoms with Crippen molar-refractivity contribution in [1.29, 1.82) is 0 Å². The summed E-state index contributed by atoms with van der Waals surface area (Å²) in [6.07, 6.45) is 7.83. The number of hydrogen-bond acceptors (Lipinski definition) is 7. The summed E-state index contributed by atoms with van der Waals surface area (Å²) in [5.74, 6) is -3.38. The Kier molecular flexibility index (Phi) is 11.1. The van der Waals surface area contributed by atoms with Crippen molar-refractivity contribution in [3.05, 3.63) is 0 Å². The molecule has 0 aromatic heterocycles. The number of primary amides is 1. The number of nitrogens with two attached hydrogens (primary N) is 1.